The van der Waals surface area contributed by atoms with Gasteiger partial charge >= 0.3 is 6.03 Å². The minimum absolute atomic E-state index is 0.0376. The van der Waals surface area contributed by atoms with E-state index in [4.69, 9.17) is 15.7 Å². The van der Waals surface area contributed by atoms with E-state index in [0.717, 1.165) is 31.2 Å². The summed E-state index contributed by atoms with van der Waals surface area (Å²) in [5, 5.41) is 9.65. The van der Waals surface area contributed by atoms with Crippen molar-refractivity contribution in [2.24, 2.45) is 5.73 Å². The molecule has 1 aromatic carbocycles. The Morgan fingerprint density at radius 2 is 2.05 bits per heavy atom. The highest BCUT2D eigenvalue weighted by molar-refractivity contribution is 5.70. The lowest BCUT2D eigenvalue weighted by molar-refractivity contribution is -0.0412. The zero-order valence-electron chi connectivity index (χ0n) is 11.9. The minimum atomic E-state index is -0.830. The lowest BCUT2D eigenvalue weighted by Gasteiger charge is -2.15. The van der Waals surface area contributed by atoms with Gasteiger partial charge in [-0.1, -0.05) is 12.1 Å². The second kappa shape index (κ2) is 7.38. The van der Waals surface area contributed by atoms with E-state index >= 15 is 0 Å². The Bertz CT molecular complexity index is 466. The third-order valence-corrected chi connectivity index (χ3v) is 3.75. The van der Waals surface area contributed by atoms with Crippen LogP contribution in [0, 0.1) is 5.82 Å². The number of carbonyl (C=O) groups excluding carboxylic acids is 1. The molecule has 0 unspecified atom stereocenters. The average Bonchev–Trinajstić information content (AvgIpc) is 2.93. The number of hydrogen-bond donors (Lipinski definition) is 2. The predicted molar refractivity (Wildman–Crippen MR) is 75.2 cm³/mol. The Balaban J connectivity index is 1.68. The molecule has 0 bridgehead atoms. The summed E-state index contributed by atoms with van der Waals surface area (Å²) >= 11 is 0. The fourth-order valence-corrected chi connectivity index (χ4v) is 2.58. The second-order valence-corrected chi connectivity index (χ2v) is 5.33. The molecule has 6 heteroatoms. The van der Waals surface area contributed by atoms with Crippen LogP contribution < -0.4 is 5.73 Å². The van der Waals surface area contributed by atoms with Crippen molar-refractivity contribution in [1.82, 2.24) is 5.06 Å². The first-order valence-electron chi connectivity index (χ1n) is 7.23. The topological polar surface area (TPSA) is 75.8 Å². The van der Waals surface area contributed by atoms with E-state index in [-0.39, 0.29) is 24.6 Å². The molecular weight excluding hydrogens is 275 g/mol. The fraction of sp³-hybridized carbons (Fsp3) is 0.533. The van der Waals surface area contributed by atoms with Crippen LogP contribution in [0.3, 0.4) is 0 Å². The molecule has 0 spiro atoms. The van der Waals surface area contributed by atoms with E-state index in [0.29, 0.717) is 11.5 Å². The molecule has 3 N–H and O–H groups in total. The Hall–Kier alpha value is -1.66. The van der Waals surface area contributed by atoms with Gasteiger partial charge in [0.2, 0.25) is 0 Å². The van der Waals surface area contributed by atoms with Crippen LogP contribution in [0.5, 0.6) is 0 Å². The number of rotatable bonds is 6. The standard InChI is InChI=1S/C15H21FN2O3/c16-12-6-4-11(5-7-12)14-9-8-13(21-14)3-1-2-10-18(20)15(17)19/h4-7,13-14,20H,1-3,8-10H2,(H2,17,19)/t13-,14+/m1/s1. The summed E-state index contributed by atoms with van der Waals surface area (Å²) in [6, 6.07) is 5.60. The Labute approximate surface area is 123 Å². The molecule has 1 heterocycles. The number of hydrogen-bond acceptors (Lipinski definition) is 3. The lowest BCUT2D eigenvalue weighted by atomic mass is 10.0. The molecule has 0 aliphatic carbocycles. The van der Waals surface area contributed by atoms with Gasteiger partial charge in [-0.25, -0.2) is 14.2 Å². The van der Waals surface area contributed by atoms with E-state index in [1.165, 1.54) is 12.1 Å². The molecule has 116 valence electrons. The normalized spacial score (nSPS) is 21.4. The maximum Gasteiger partial charge on any atom is 0.338 e. The molecule has 1 fully saturated rings. The summed E-state index contributed by atoms with van der Waals surface area (Å²) in [7, 11) is 0. The Kier molecular flexibility index (Phi) is 5.52. The molecule has 21 heavy (non-hydrogen) atoms. The number of unbranched alkanes of at least 4 members (excludes halogenated alkanes) is 1. The SMILES string of the molecule is NC(=O)N(O)CCCC[C@@H]1CC[C@@H](c2ccc(F)cc2)O1. The highest BCUT2D eigenvalue weighted by Crippen LogP contribution is 2.34. The number of nitrogens with two attached hydrogens (primary N) is 1. The molecule has 0 aromatic heterocycles. The molecule has 1 aromatic rings. The average molecular weight is 296 g/mol. The van der Waals surface area contributed by atoms with E-state index < -0.39 is 6.03 Å². The van der Waals surface area contributed by atoms with E-state index in [1.807, 2.05) is 0 Å². The number of carbonyl (C=O) groups is 1. The zero-order chi connectivity index (χ0) is 15.2. The number of urea groups is 1. The summed E-state index contributed by atoms with van der Waals surface area (Å²) in [6.45, 7) is 0.240. The number of halogens is 1. The van der Waals surface area contributed by atoms with Gasteiger partial charge in [-0.15, -0.1) is 0 Å². The summed E-state index contributed by atoms with van der Waals surface area (Å²) in [5.41, 5.74) is 5.93. The van der Waals surface area contributed by atoms with Gasteiger partial charge in [0.25, 0.3) is 0 Å². The molecule has 2 atom stereocenters. The summed E-state index contributed by atoms with van der Waals surface area (Å²) < 4.78 is 18.8. The van der Waals surface area contributed by atoms with Crippen LogP contribution in [0.25, 0.3) is 0 Å². The van der Waals surface area contributed by atoms with Crippen LogP contribution in [-0.2, 0) is 4.74 Å². The van der Waals surface area contributed by atoms with Crippen molar-refractivity contribution >= 4 is 6.03 Å². The van der Waals surface area contributed by atoms with Crippen molar-refractivity contribution < 1.29 is 19.1 Å². The highest BCUT2D eigenvalue weighted by Gasteiger charge is 2.26. The van der Waals surface area contributed by atoms with Gasteiger partial charge in [-0.05, 0) is 49.8 Å². The van der Waals surface area contributed by atoms with Crippen LogP contribution in [0.1, 0.15) is 43.8 Å². The van der Waals surface area contributed by atoms with Gasteiger partial charge < -0.3 is 10.5 Å². The van der Waals surface area contributed by atoms with E-state index in [2.05, 4.69) is 0 Å². The van der Waals surface area contributed by atoms with Crippen molar-refractivity contribution in [2.75, 3.05) is 6.54 Å². The molecule has 1 saturated heterocycles. The zero-order valence-corrected chi connectivity index (χ0v) is 11.9. The fourth-order valence-electron chi connectivity index (χ4n) is 2.58. The molecule has 0 saturated carbocycles. The number of nitrogens with zero attached hydrogens (tertiary/aromatic N) is 1. The maximum absolute atomic E-state index is 12.9. The van der Waals surface area contributed by atoms with Crippen LogP contribution in [0.2, 0.25) is 0 Å². The van der Waals surface area contributed by atoms with Gasteiger partial charge in [0, 0.05) is 0 Å². The van der Waals surface area contributed by atoms with Gasteiger partial charge in [0.05, 0.1) is 18.8 Å². The highest BCUT2D eigenvalue weighted by atomic mass is 19.1. The van der Waals surface area contributed by atoms with Crippen LogP contribution in [0.4, 0.5) is 9.18 Å². The smallest absolute Gasteiger partial charge is 0.338 e. The van der Waals surface area contributed by atoms with Crippen molar-refractivity contribution in [3.8, 4) is 0 Å². The number of benzene rings is 1. The summed E-state index contributed by atoms with van der Waals surface area (Å²) in [4.78, 5) is 10.6. The largest absolute Gasteiger partial charge is 0.370 e. The van der Waals surface area contributed by atoms with Crippen molar-refractivity contribution in [3.63, 3.8) is 0 Å². The van der Waals surface area contributed by atoms with Crippen molar-refractivity contribution in [3.05, 3.63) is 35.6 Å². The summed E-state index contributed by atoms with van der Waals surface area (Å²) in [5.74, 6) is -0.240. The molecule has 2 rings (SSSR count). The molecule has 5 nitrogen and oxygen atoms in total. The van der Waals surface area contributed by atoms with Gasteiger partial charge in [0.1, 0.15) is 5.82 Å². The molecule has 0 radical (unpaired) electrons. The monoisotopic (exact) mass is 296 g/mol. The van der Waals surface area contributed by atoms with Crippen LogP contribution >= 0.6 is 0 Å². The quantitative estimate of drug-likeness (QED) is 0.481. The van der Waals surface area contributed by atoms with Crippen molar-refractivity contribution in [2.45, 2.75) is 44.3 Å². The van der Waals surface area contributed by atoms with E-state index in [9.17, 15) is 9.18 Å². The third-order valence-electron chi connectivity index (χ3n) is 3.75. The maximum atomic E-state index is 12.9. The molecular formula is C15H21FN2O3. The van der Waals surface area contributed by atoms with Crippen LogP contribution in [0.15, 0.2) is 24.3 Å². The predicted octanol–water partition coefficient (Wildman–Crippen LogP) is 2.99. The van der Waals surface area contributed by atoms with Gasteiger partial charge in [-0.3, -0.25) is 5.21 Å². The minimum Gasteiger partial charge on any atom is -0.370 e. The van der Waals surface area contributed by atoms with Gasteiger partial charge in [0.15, 0.2) is 0 Å². The number of amides is 2. The van der Waals surface area contributed by atoms with E-state index in [1.54, 1.807) is 12.1 Å². The van der Waals surface area contributed by atoms with Crippen LogP contribution in [-0.4, -0.2) is 29.0 Å². The van der Waals surface area contributed by atoms with Gasteiger partial charge in [-0.2, -0.15) is 0 Å². The third kappa shape index (κ3) is 4.68. The number of hydroxylamine groups is 2. The lowest BCUT2D eigenvalue weighted by Crippen LogP contribution is -2.33. The Morgan fingerprint density at radius 1 is 1.33 bits per heavy atom. The second-order valence-electron chi connectivity index (χ2n) is 5.33. The first-order chi connectivity index (χ1) is 10.1. The first-order valence-corrected chi connectivity index (χ1v) is 7.23. The first kappa shape index (κ1) is 15.7. The van der Waals surface area contributed by atoms with Crippen molar-refractivity contribution in [1.29, 1.82) is 0 Å². The summed E-state index contributed by atoms with van der Waals surface area (Å²) in [6.07, 6.45) is 4.54. The number of ether oxygens (including phenoxy) is 1. The number of primary amides is 1. The molecule has 2 amide bonds. The Morgan fingerprint density at radius 3 is 2.71 bits per heavy atom. The molecule has 1 aliphatic heterocycles. The molecule has 1 aliphatic rings.